The van der Waals surface area contributed by atoms with Gasteiger partial charge in [0.1, 0.15) is 11.6 Å². The molecule has 1 aromatic heterocycles. The maximum absolute atomic E-state index is 12.7. The third-order valence-electron chi connectivity index (χ3n) is 6.66. The Morgan fingerprint density at radius 3 is 2.50 bits per heavy atom. The number of hydrogen-bond acceptors (Lipinski definition) is 4. The fourth-order valence-corrected chi connectivity index (χ4v) is 4.59. The average Bonchev–Trinajstić information content (AvgIpc) is 2.80. The van der Waals surface area contributed by atoms with Gasteiger partial charge in [-0.05, 0) is 73.8 Å². The van der Waals surface area contributed by atoms with E-state index < -0.39 is 0 Å². The van der Waals surface area contributed by atoms with Crippen molar-refractivity contribution in [3.8, 4) is 5.75 Å². The van der Waals surface area contributed by atoms with Gasteiger partial charge < -0.3 is 14.5 Å². The van der Waals surface area contributed by atoms with Crippen molar-refractivity contribution in [1.82, 2.24) is 9.88 Å². The number of ether oxygens (including phenoxy) is 1. The normalized spacial score (nSPS) is 18.5. The summed E-state index contributed by atoms with van der Waals surface area (Å²) in [6.45, 7) is 6.01. The molecule has 2 fully saturated rings. The molecule has 2 aliphatic heterocycles. The van der Waals surface area contributed by atoms with E-state index in [1.807, 2.05) is 23.1 Å². The van der Waals surface area contributed by atoms with E-state index in [0.717, 1.165) is 75.8 Å². The summed E-state index contributed by atoms with van der Waals surface area (Å²) in [4.78, 5) is 21.7. The van der Waals surface area contributed by atoms with Gasteiger partial charge in [0.25, 0.3) is 5.91 Å². The monoisotopic (exact) mass is 407 g/mol. The number of amides is 1. The van der Waals surface area contributed by atoms with Crippen LogP contribution in [0.5, 0.6) is 5.75 Å². The van der Waals surface area contributed by atoms with Gasteiger partial charge in [-0.1, -0.05) is 19.1 Å². The number of pyridine rings is 1. The van der Waals surface area contributed by atoms with Crippen molar-refractivity contribution >= 4 is 11.7 Å². The Kier molecular flexibility index (Phi) is 6.56. The fraction of sp³-hybridized carbons (Fsp3) is 0.520. The lowest BCUT2D eigenvalue weighted by atomic mass is 9.90. The summed E-state index contributed by atoms with van der Waals surface area (Å²) in [6, 6.07) is 12.4. The Labute approximate surface area is 180 Å². The van der Waals surface area contributed by atoms with Crippen LogP contribution in [0.3, 0.4) is 0 Å². The molecule has 1 aromatic carbocycles. The summed E-state index contributed by atoms with van der Waals surface area (Å²) in [5, 5.41) is 0. The molecule has 0 spiro atoms. The van der Waals surface area contributed by atoms with Crippen LogP contribution in [0.1, 0.15) is 48.5 Å². The summed E-state index contributed by atoms with van der Waals surface area (Å²) in [6.07, 6.45) is 7.37. The third-order valence-corrected chi connectivity index (χ3v) is 6.66. The molecular weight excluding hydrogens is 374 g/mol. The highest BCUT2D eigenvalue weighted by Gasteiger charge is 2.23. The van der Waals surface area contributed by atoms with Gasteiger partial charge in [-0.25, -0.2) is 4.98 Å². The molecule has 5 heteroatoms. The number of anilines is 1. The SMILES string of the molecule is COc1cccc(CC2CCN(c3ccc(C(=O)N4CCC(C)CC4)cn3)CC2)c1. The van der Waals surface area contributed by atoms with Crippen molar-refractivity contribution in [3.05, 3.63) is 53.7 Å². The molecule has 0 bridgehead atoms. The van der Waals surface area contributed by atoms with Crippen molar-refractivity contribution in [2.75, 3.05) is 38.2 Å². The second-order valence-electron chi connectivity index (χ2n) is 8.87. The summed E-state index contributed by atoms with van der Waals surface area (Å²) in [5.41, 5.74) is 2.06. The zero-order valence-corrected chi connectivity index (χ0v) is 18.2. The number of benzene rings is 1. The predicted octanol–water partition coefficient (Wildman–Crippen LogP) is 4.42. The van der Waals surface area contributed by atoms with E-state index in [0.29, 0.717) is 11.5 Å². The minimum atomic E-state index is 0.123. The number of piperidine rings is 2. The number of nitrogens with zero attached hydrogens (tertiary/aromatic N) is 3. The van der Waals surface area contributed by atoms with E-state index in [1.54, 1.807) is 13.3 Å². The molecule has 0 radical (unpaired) electrons. The molecule has 2 saturated heterocycles. The highest BCUT2D eigenvalue weighted by molar-refractivity contribution is 5.94. The van der Waals surface area contributed by atoms with Crippen LogP contribution in [-0.4, -0.2) is 49.1 Å². The molecule has 4 rings (SSSR count). The van der Waals surface area contributed by atoms with Crippen LogP contribution < -0.4 is 9.64 Å². The molecule has 2 aliphatic rings. The Morgan fingerprint density at radius 1 is 1.07 bits per heavy atom. The first-order valence-electron chi connectivity index (χ1n) is 11.3. The van der Waals surface area contributed by atoms with Crippen LogP contribution in [0.2, 0.25) is 0 Å². The minimum Gasteiger partial charge on any atom is -0.497 e. The maximum atomic E-state index is 12.7. The number of hydrogen-bond donors (Lipinski definition) is 0. The second-order valence-corrected chi connectivity index (χ2v) is 8.87. The summed E-state index contributed by atoms with van der Waals surface area (Å²) in [7, 11) is 1.72. The van der Waals surface area contributed by atoms with Crippen LogP contribution in [0.4, 0.5) is 5.82 Å². The van der Waals surface area contributed by atoms with Gasteiger partial charge in [-0.2, -0.15) is 0 Å². The lowest BCUT2D eigenvalue weighted by molar-refractivity contribution is 0.0697. The first kappa shape index (κ1) is 20.7. The van der Waals surface area contributed by atoms with Crippen LogP contribution >= 0.6 is 0 Å². The summed E-state index contributed by atoms with van der Waals surface area (Å²) >= 11 is 0. The molecule has 2 aromatic rings. The molecule has 3 heterocycles. The number of aromatic nitrogens is 1. The second kappa shape index (κ2) is 9.50. The van der Waals surface area contributed by atoms with Gasteiger partial charge in [0.05, 0.1) is 12.7 Å². The average molecular weight is 408 g/mol. The largest absolute Gasteiger partial charge is 0.497 e. The van der Waals surface area contributed by atoms with Crippen LogP contribution in [0, 0.1) is 11.8 Å². The standard InChI is InChI=1S/C25H33N3O2/c1-19-8-12-28(13-9-19)25(29)22-6-7-24(26-18-22)27-14-10-20(11-15-27)16-21-4-3-5-23(17-21)30-2/h3-7,17-20H,8-16H2,1-2H3. The third kappa shape index (κ3) is 4.94. The van der Waals surface area contributed by atoms with E-state index in [2.05, 4.69) is 35.0 Å². The Hall–Kier alpha value is -2.56. The first-order chi connectivity index (χ1) is 14.6. The van der Waals surface area contributed by atoms with Crippen molar-refractivity contribution in [1.29, 1.82) is 0 Å². The predicted molar refractivity (Wildman–Crippen MR) is 120 cm³/mol. The van der Waals surface area contributed by atoms with E-state index >= 15 is 0 Å². The van der Waals surface area contributed by atoms with Crippen LogP contribution in [0.15, 0.2) is 42.6 Å². The molecule has 160 valence electrons. The highest BCUT2D eigenvalue weighted by Crippen LogP contribution is 2.26. The molecule has 1 amide bonds. The topological polar surface area (TPSA) is 45.7 Å². The lowest BCUT2D eigenvalue weighted by Gasteiger charge is -2.33. The van der Waals surface area contributed by atoms with Crippen molar-refractivity contribution in [2.24, 2.45) is 11.8 Å². The van der Waals surface area contributed by atoms with Crippen molar-refractivity contribution in [2.45, 2.75) is 39.0 Å². The molecular formula is C25H33N3O2. The Bertz CT molecular complexity index is 836. The zero-order valence-electron chi connectivity index (χ0n) is 18.2. The Balaban J connectivity index is 1.30. The van der Waals surface area contributed by atoms with Crippen molar-refractivity contribution < 1.29 is 9.53 Å². The van der Waals surface area contributed by atoms with E-state index in [4.69, 9.17) is 4.74 Å². The molecule has 0 saturated carbocycles. The molecule has 0 unspecified atom stereocenters. The Morgan fingerprint density at radius 2 is 1.83 bits per heavy atom. The van der Waals surface area contributed by atoms with Gasteiger partial charge in [0.2, 0.25) is 0 Å². The van der Waals surface area contributed by atoms with Gasteiger partial charge in [0.15, 0.2) is 0 Å². The van der Waals surface area contributed by atoms with Crippen molar-refractivity contribution in [3.63, 3.8) is 0 Å². The molecule has 5 nitrogen and oxygen atoms in total. The van der Waals surface area contributed by atoms with Gasteiger partial charge in [-0.3, -0.25) is 4.79 Å². The van der Waals surface area contributed by atoms with E-state index in [9.17, 15) is 4.79 Å². The number of methoxy groups -OCH3 is 1. The van der Waals surface area contributed by atoms with Gasteiger partial charge in [0, 0.05) is 32.4 Å². The summed E-state index contributed by atoms with van der Waals surface area (Å²) in [5.74, 6) is 3.46. The molecule has 0 N–H and O–H groups in total. The maximum Gasteiger partial charge on any atom is 0.255 e. The molecule has 0 aliphatic carbocycles. The van der Waals surface area contributed by atoms with Crippen LogP contribution in [0.25, 0.3) is 0 Å². The van der Waals surface area contributed by atoms with Crippen LogP contribution in [-0.2, 0) is 6.42 Å². The lowest BCUT2D eigenvalue weighted by Crippen LogP contribution is -2.38. The quantitative estimate of drug-likeness (QED) is 0.736. The highest BCUT2D eigenvalue weighted by atomic mass is 16.5. The molecule has 30 heavy (non-hydrogen) atoms. The first-order valence-corrected chi connectivity index (χ1v) is 11.3. The molecule has 0 atom stereocenters. The summed E-state index contributed by atoms with van der Waals surface area (Å²) < 4.78 is 5.35. The fourth-order valence-electron chi connectivity index (χ4n) is 4.59. The van der Waals surface area contributed by atoms with E-state index in [-0.39, 0.29) is 5.91 Å². The number of carbonyl (C=O) groups is 1. The minimum absolute atomic E-state index is 0.123. The number of carbonyl (C=O) groups excluding carboxylic acids is 1. The van der Waals surface area contributed by atoms with E-state index in [1.165, 1.54) is 5.56 Å². The van der Waals surface area contributed by atoms with Gasteiger partial charge >= 0.3 is 0 Å². The zero-order chi connectivity index (χ0) is 20.9. The number of rotatable bonds is 5. The number of likely N-dealkylation sites (tertiary alicyclic amines) is 1. The van der Waals surface area contributed by atoms with Gasteiger partial charge in [-0.15, -0.1) is 0 Å². The smallest absolute Gasteiger partial charge is 0.255 e.